The lowest BCUT2D eigenvalue weighted by Crippen LogP contribution is -2.45. The van der Waals surface area contributed by atoms with E-state index in [-0.39, 0.29) is 5.91 Å². The van der Waals surface area contributed by atoms with Crippen LogP contribution >= 0.6 is 23.4 Å². The van der Waals surface area contributed by atoms with Gasteiger partial charge in [0.2, 0.25) is 0 Å². The number of nitrogens with zero attached hydrogens (tertiary/aromatic N) is 1. The first-order valence-electron chi connectivity index (χ1n) is 6.06. The second-order valence-electron chi connectivity index (χ2n) is 4.31. The number of benzene rings is 1. The molecule has 1 N–H and O–H groups in total. The van der Waals surface area contributed by atoms with E-state index in [1.54, 1.807) is 31.2 Å². The fourth-order valence-electron chi connectivity index (χ4n) is 1.90. The molecule has 108 valence electrons. The predicted molar refractivity (Wildman–Crippen MR) is 77.1 cm³/mol. The van der Waals surface area contributed by atoms with Gasteiger partial charge in [-0.25, -0.2) is 4.79 Å². The zero-order valence-corrected chi connectivity index (χ0v) is 12.4. The van der Waals surface area contributed by atoms with Crippen molar-refractivity contribution in [1.29, 1.82) is 0 Å². The minimum absolute atomic E-state index is 0.322. The molecule has 1 aromatic carbocycles. The average Bonchev–Trinajstić information content (AvgIpc) is 2.90. The standard InChI is InChI=1S/C13H14ClNO4S/c1-8(19-10-4-2-9(14)3-5-10)11(16)15-6-7-20-12(15)13(17)18/h2-5,8,12H,6-7H2,1H3,(H,17,18). The van der Waals surface area contributed by atoms with Crippen LogP contribution in [0.5, 0.6) is 5.75 Å². The van der Waals surface area contributed by atoms with Crippen LogP contribution in [0.2, 0.25) is 5.02 Å². The van der Waals surface area contributed by atoms with Gasteiger partial charge >= 0.3 is 5.97 Å². The first kappa shape index (κ1) is 15.0. The number of halogens is 1. The van der Waals surface area contributed by atoms with Gasteiger partial charge in [0, 0.05) is 17.3 Å². The van der Waals surface area contributed by atoms with E-state index in [1.165, 1.54) is 16.7 Å². The second-order valence-corrected chi connectivity index (χ2v) is 5.93. The van der Waals surface area contributed by atoms with Gasteiger partial charge in [-0.1, -0.05) is 11.6 Å². The molecule has 1 aromatic rings. The van der Waals surface area contributed by atoms with Crippen molar-refractivity contribution in [3.05, 3.63) is 29.3 Å². The number of carboxylic acids is 1. The Morgan fingerprint density at radius 1 is 1.45 bits per heavy atom. The minimum atomic E-state index is -1.00. The van der Waals surface area contributed by atoms with Crippen LogP contribution in [-0.4, -0.2) is 45.7 Å². The molecule has 1 saturated heterocycles. The maximum atomic E-state index is 12.2. The van der Waals surface area contributed by atoms with Crippen molar-refractivity contribution < 1.29 is 19.4 Å². The van der Waals surface area contributed by atoms with Gasteiger partial charge in [0.05, 0.1) is 0 Å². The number of ether oxygens (including phenoxy) is 1. The highest BCUT2D eigenvalue weighted by molar-refractivity contribution is 8.00. The van der Waals surface area contributed by atoms with Gasteiger partial charge in [-0.2, -0.15) is 0 Å². The molecular formula is C13H14ClNO4S. The summed E-state index contributed by atoms with van der Waals surface area (Å²) in [5.41, 5.74) is 0. The zero-order chi connectivity index (χ0) is 14.7. The summed E-state index contributed by atoms with van der Waals surface area (Å²) >= 11 is 7.01. The van der Waals surface area contributed by atoms with Gasteiger partial charge in [0.1, 0.15) is 5.75 Å². The highest BCUT2D eigenvalue weighted by Crippen LogP contribution is 2.25. The van der Waals surface area contributed by atoms with E-state index in [9.17, 15) is 9.59 Å². The Hall–Kier alpha value is -1.40. The lowest BCUT2D eigenvalue weighted by atomic mass is 10.3. The molecule has 0 aromatic heterocycles. The largest absolute Gasteiger partial charge is 0.481 e. The fraction of sp³-hybridized carbons (Fsp3) is 0.385. The van der Waals surface area contributed by atoms with Gasteiger partial charge < -0.3 is 14.7 Å². The third-order valence-electron chi connectivity index (χ3n) is 2.86. The molecule has 0 saturated carbocycles. The van der Waals surface area contributed by atoms with E-state index in [1.807, 2.05) is 0 Å². The van der Waals surface area contributed by atoms with Gasteiger partial charge in [-0.05, 0) is 31.2 Å². The molecule has 0 radical (unpaired) electrons. The summed E-state index contributed by atoms with van der Waals surface area (Å²) in [7, 11) is 0. The van der Waals surface area contributed by atoms with Gasteiger partial charge in [-0.15, -0.1) is 11.8 Å². The maximum Gasteiger partial charge on any atom is 0.337 e. The molecule has 2 unspecified atom stereocenters. The number of aliphatic carboxylic acids is 1. The molecule has 0 bridgehead atoms. The molecule has 1 amide bonds. The number of hydrogen-bond acceptors (Lipinski definition) is 4. The van der Waals surface area contributed by atoms with Gasteiger partial charge in [-0.3, -0.25) is 4.79 Å². The molecular weight excluding hydrogens is 302 g/mol. The number of carboxylic acid groups (broad SMARTS) is 1. The smallest absolute Gasteiger partial charge is 0.337 e. The molecule has 7 heteroatoms. The van der Waals surface area contributed by atoms with Crippen LogP contribution < -0.4 is 4.74 Å². The number of thioether (sulfide) groups is 1. The SMILES string of the molecule is CC(Oc1ccc(Cl)cc1)C(=O)N1CCSC1C(=O)O. The van der Waals surface area contributed by atoms with E-state index >= 15 is 0 Å². The molecule has 0 spiro atoms. The van der Waals surface area contributed by atoms with Crippen LogP contribution in [-0.2, 0) is 9.59 Å². The highest BCUT2D eigenvalue weighted by atomic mass is 35.5. The lowest BCUT2D eigenvalue weighted by Gasteiger charge is -2.24. The Labute approximate surface area is 125 Å². The van der Waals surface area contributed by atoms with E-state index in [4.69, 9.17) is 21.4 Å². The normalized spacial score (nSPS) is 19.7. The van der Waals surface area contributed by atoms with Crippen molar-refractivity contribution in [2.45, 2.75) is 18.4 Å². The third kappa shape index (κ3) is 3.37. The van der Waals surface area contributed by atoms with Crippen molar-refractivity contribution in [2.75, 3.05) is 12.3 Å². The summed E-state index contributed by atoms with van der Waals surface area (Å²) in [5.74, 6) is -0.179. The van der Waals surface area contributed by atoms with Crippen LogP contribution in [0, 0.1) is 0 Å². The first-order valence-corrected chi connectivity index (χ1v) is 7.49. The quantitative estimate of drug-likeness (QED) is 0.921. The Morgan fingerprint density at radius 2 is 2.10 bits per heavy atom. The van der Waals surface area contributed by atoms with Crippen LogP contribution in [0.15, 0.2) is 24.3 Å². The van der Waals surface area contributed by atoms with Crippen LogP contribution in [0.4, 0.5) is 0 Å². The summed E-state index contributed by atoms with van der Waals surface area (Å²) in [6, 6.07) is 6.67. The van der Waals surface area contributed by atoms with Gasteiger partial charge in [0.15, 0.2) is 11.5 Å². The molecule has 20 heavy (non-hydrogen) atoms. The first-order chi connectivity index (χ1) is 9.49. The molecule has 5 nitrogen and oxygen atoms in total. The molecule has 2 atom stereocenters. The number of carbonyl (C=O) groups excluding carboxylic acids is 1. The van der Waals surface area contributed by atoms with Crippen molar-refractivity contribution in [2.24, 2.45) is 0 Å². The lowest BCUT2D eigenvalue weighted by molar-refractivity contribution is -0.148. The zero-order valence-electron chi connectivity index (χ0n) is 10.8. The second kappa shape index (κ2) is 6.37. The van der Waals surface area contributed by atoms with Gasteiger partial charge in [0.25, 0.3) is 5.91 Å². The summed E-state index contributed by atoms with van der Waals surface area (Å²) < 4.78 is 5.52. The molecule has 2 rings (SSSR count). The number of amides is 1. The highest BCUT2D eigenvalue weighted by Gasteiger charge is 2.37. The summed E-state index contributed by atoms with van der Waals surface area (Å²) in [5, 5.41) is 8.83. The Kier molecular flexibility index (Phi) is 4.77. The third-order valence-corrected chi connectivity index (χ3v) is 4.30. The monoisotopic (exact) mass is 315 g/mol. The molecule has 1 fully saturated rings. The fourth-order valence-corrected chi connectivity index (χ4v) is 3.08. The Morgan fingerprint density at radius 3 is 2.70 bits per heavy atom. The molecule has 1 aliphatic rings. The number of hydrogen-bond donors (Lipinski definition) is 1. The van der Waals surface area contributed by atoms with Crippen LogP contribution in [0.1, 0.15) is 6.92 Å². The van der Waals surface area contributed by atoms with E-state index in [2.05, 4.69) is 0 Å². The molecule has 0 aliphatic carbocycles. The van der Waals surface area contributed by atoms with Crippen LogP contribution in [0.25, 0.3) is 0 Å². The Bertz CT molecular complexity index is 508. The minimum Gasteiger partial charge on any atom is -0.481 e. The predicted octanol–water partition coefficient (Wildman–Crippen LogP) is 2.09. The van der Waals surface area contributed by atoms with Crippen molar-refractivity contribution in [1.82, 2.24) is 4.90 Å². The van der Waals surface area contributed by atoms with Crippen molar-refractivity contribution in [3.63, 3.8) is 0 Å². The van der Waals surface area contributed by atoms with Crippen molar-refractivity contribution >= 4 is 35.2 Å². The average molecular weight is 316 g/mol. The molecule has 1 heterocycles. The summed E-state index contributed by atoms with van der Waals surface area (Å²) in [6.45, 7) is 2.04. The van der Waals surface area contributed by atoms with Crippen LogP contribution in [0.3, 0.4) is 0 Å². The van der Waals surface area contributed by atoms with E-state index in [0.717, 1.165) is 0 Å². The maximum absolute atomic E-state index is 12.2. The topological polar surface area (TPSA) is 66.8 Å². The van der Waals surface area contributed by atoms with E-state index in [0.29, 0.717) is 23.1 Å². The number of carbonyl (C=O) groups is 2. The number of rotatable bonds is 4. The summed E-state index contributed by atoms with van der Waals surface area (Å²) in [6.07, 6.45) is -0.739. The summed E-state index contributed by atoms with van der Waals surface area (Å²) in [4.78, 5) is 24.6. The van der Waals surface area contributed by atoms with Crippen molar-refractivity contribution in [3.8, 4) is 5.75 Å². The van der Waals surface area contributed by atoms with E-state index < -0.39 is 17.4 Å². The molecule has 1 aliphatic heterocycles. The Balaban J connectivity index is 2.01.